The first-order valence-electron chi connectivity index (χ1n) is 6.66. The molecule has 1 unspecified atom stereocenters. The molecule has 18 heavy (non-hydrogen) atoms. The van der Waals surface area contributed by atoms with Crippen LogP contribution in [-0.2, 0) is 4.79 Å². The van der Waals surface area contributed by atoms with Gasteiger partial charge >= 0.3 is 0 Å². The van der Waals surface area contributed by atoms with E-state index in [9.17, 15) is 4.79 Å². The third-order valence-electron chi connectivity index (χ3n) is 2.77. The quantitative estimate of drug-likeness (QED) is 0.810. The molecule has 1 atom stereocenters. The van der Waals surface area contributed by atoms with Crippen molar-refractivity contribution in [1.82, 2.24) is 5.32 Å². The smallest absolute Gasteiger partial charge is 0.224 e. The summed E-state index contributed by atoms with van der Waals surface area (Å²) in [5, 5.41) is 6.31. The second-order valence-electron chi connectivity index (χ2n) is 5.05. The largest absolute Gasteiger partial charge is 0.326 e. The molecule has 0 saturated carbocycles. The lowest BCUT2D eigenvalue weighted by molar-refractivity contribution is -0.116. The van der Waals surface area contributed by atoms with Crippen LogP contribution in [0.15, 0.2) is 24.3 Å². The molecule has 1 aromatic carbocycles. The van der Waals surface area contributed by atoms with Crippen LogP contribution in [0.25, 0.3) is 0 Å². The van der Waals surface area contributed by atoms with E-state index in [-0.39, 0.29) is 5.91 Å². The van der Waals surface area contributed by atoms with E-state index in [1.54, 1.807) is 0 Å². The van der Waals surface area contributed by atoms with Crippen LogP contribution in [-0.4, -0.2) is 12.5 Å². The summed E-state index contributed by atoms with van der Waals surface area (Å²) in [6, 6.07) is 8.32. The van der Waals surface area contributed by atoms with Crippen molar-refractivity contribution in [2.75, 3.05) is 11.9 Å². The molecule has 0 fully saturated rings. The van der Waals surface area contributed by atoms with Crippen molar-refractivity contribution in [3.05, 3.63) is 29.8 Å². The molecule has 0 heterocycles. The van der Waals surface area contributed by atoms with Crippen LogP contribution in [0, 0.1) is 5.92 Å². The molecule has 3 nitrogen and oxygen atoms in total. The normalized spacial score (nSPS) is 12.5. The summed E-state index contributed by atoms with van der Waals surface area (Å²) in [6.07, 6.45) is 0.562. The fraction of sp³-hybridized carbons (Fsp3) is 0.533. The first kappa shape index (κ1) is 14.7. The Kier molecular flexibility index (Phi) is 5.86. The fourth-order valence-corrected chi connectivity index (χ4v) is 1.89. The average molecular weight is 248 g/mol. The number of benzene rings is 1. The maximum Gasteiger partial charge on any atom is 0.224 e. The number of carbonyl (C=O) groups excluding carboxylic acids is 1. The van der Waals surface area contributed by atoms with Crippen LogP contribution in [0.3, 0.4) is 0 Å². The molecule has 0 bridgehead atoms. The van der Waals surface area contributed by atoms with Gasteiger partial charge in [-0.2, -0.15) is 0 Å². The van der Waals surface area contributed by atoms with Crippen LogP contribution in [0.4, 0.5) is 5.69 Å². The van der Waals surface area contributed by atoms with Crippen molar-refractivity contribution in [3.8, 4) is 0 Å². The minimum atomic E-state index is 0.0817. The van der Waals surface area contributed by atoms with Gasteiger partial charge in [0.25, 0.3) is 0 Å². The Hall–Kier alpha value is -1.35. The molecular formula is C15H24N2O. The van der Waals surface area contributed by atoms with Crippen molar-refractivity contribution < 1.29 is 4.79 Å². The van der Waals surface area contributed by atoms with Gasteiger partial charge in [-0.25, -0.2) is 0 Å². The molecule has 0 radical (unpaired) electrons. The van der Waals surface area contributed by atoms with Gasteiger partial charge in [-0.1, -0.05) is 32.9 Å². The monoisotopic (exact) mass is 248 g/mol. The van der Waals surface area contributed by atoms with Gasteiger partial charge in [0.15, 0.2) is 0 Å². The second-order valence-corrected chi connectivity index (χ2v) is 5.05. The van der Waals surface area contributed by atoms with Gasteiger partial charge in [0.2, 0.25) is 5.91 Å². The summed E-state index contributed by atoms with van der Waals surface area (Å²) < 4.78 is 0. The van der Waals surface area contributed by atoms with E-state index < -0.39 is 0 Å². The summed E-state index contributed by atoms with van der Waals surface area (Å²) in [4.78, 5) is 11.7. The van der Waals surface area contributed by atoms with Crippen molar-refractivity contribution in [2.45, 2.75) is 40.2 Å². The molecule has 2 N–H and O–H groups in total. The lowest BCUT2D eigenvalue weighted by atomic mass is 10.1. The maximum absolute atomic E-state index is 11.7. The minimum absolute atomic E-state index is 0.0817. The SMILES string of the molecule is CCNC(C)c1cccc(NC(=O)CC(C)C)c1. The molecule has 1 aromatic rings. The Morgan fingerprint density at radius 1 is 1.28 bits per heavy atom. The topological polar surface area (TPSA) is 41.1 Å². The Morgan fingerprint density at radius 2 is 2.00 bits per heavy atom. The summed E-state index contributed by atoms with van der Waals surface area (Å²) in [7, 11) is 0. The Balaban J connectivity index is 2.67. The molecular weight excluding hydrogens is 224 g/mol. The van der Waals surface area contributed by atoms with E-state index in [4.69, 9.17) is 0 Å². The molecule has 1 rings (SSSR count). The van der Waals surface area contributed by atoms with Gasteiger partial charge in [0, 0.05) is 18.2 Å². The summed E-state index contributed by atoms with van der Waals surface area (Å²) in [5.74, 6) is 0.465. The van der Waals surface area contributed by atoms with Gasteiger partial charge in [0.1, 0.15) is 0 Å². The zero-order valence-corrected chi connectivity index (χ0v) is 11.8. The van der Waals surface area contributed by atoms with Crippen molar-refractivity contribution in [2.24, 2.45) is 5.92 Å². The number of hydrogen-bond donors (Lipinski definition) is 2. The van der Waals surface area contributed by atoms with E-state index >= 15 is 0 Å². The molecule has 1 amide bonds. The highest BCUT2D eigenvalue weighted by molar-refractivity contribution is 5.90. The van der Waals surface area contributed by atoms with Gasteiger partial charge in [-0.3, -0.25) is 4.79 Å². The molecule has 0 aliphatic heterocycles. The number of rotatable bonds is 6. The van der Waals surface area contributed by atoms with Crippen LogP contribution >= 0.6 is 0 Å². The first-order valence-corrected chi connectivity index (χ1v) is 6.66. The fourth-order valence-electron chi connectivity index (χ4n) is 1.89. The van der Waals surface area contributed by atoms with Gasteiger partial charge in [0.05, 0.1) is 0 Å². The first-order chi connectivity index (χ1) is 8.52. The predicted molar refractivity (Wildman–Crippen MR) is 76.6 cm³/mol. The molecule has 0 aromatic heterocycles. The highest BCUT2D eigenvalue weighted by Crippen LogP contribution is 2.17. The van der Waals surface area contributed by atoms with E-state index in [1.807, 2.05) is 32.0 Å². The minimum Gasteiger partial charge on any atom is -0.326 e. The van der Waals surface area contributed by atoms with Crippen LogP contribution in [0.1, 0.15) is 45.7 Å². The maximum atomic E-state index is 11.7. The average Bonchev–Trinajstić information content (AvgIpc) is 2.28. The number of carbonyl (C=O) groups is 1. The van der Waals surface area contributed by atoms with Crippen LogP contribution < -0.4 is 10.6 Å². The number of hydrogen-bond acceptors (Lipinski definition) is 2. The highest BCUT2D eigenvalue weighted by Gasteiger charge is 2.07. The van der Waals surface area contributed by atoms with Crippen molar-refractivity contribution in [1.29, 1.82) is 0 Å². The number of nitrogens with one attached hydrogen (secondary N) is 2. The van der Waals surface area contributed by atoms with Crippen molar-refractivity contribution in [3.63, 3.8) is 0 Å². The lowest BCUT2D eigenvalue weighted by Crippen LogP contribution is -2.18. The third kappa shape index (κ3) is 4.88. The summed E-state index contributed by atoms with van der Waals surface area (Å²) in [5.41, 5.74) is 2.07. The standard InChI is InChI=1S/C15H24N2O/c1-5-16-12(4)13-7-6-8-14(10-13)17-15(18)9-11(2)3/h6-8,10-12,16H,5,9H2,1-4H3,(H,17,18). The number of anilines is 1. The molecule has 0 saturated heterocycles. The highest BCUT2D eigenvalue weighted by atomic mass is 16.1. The van der Waals surface area contributed by atoms with E-state index in [2.05, 4.69) is 30.5 Å². The molecule has 3 heteroatoms. The lowest BCUT2D eigenvalue weighted by Gasteiger charge is -2.14. The summed E-state index contributed by atoms with van der Waals surface area (Å²) in [6.45, 7) is 9.24. The summed E-state index contributed by atoms with van der Waals surface area (Å²) >= 11 is 0. The third-order valence-corrected chi connectivity index (χ3v) is 2.77. The van der Waals surface area contributed by atoms with Crippen LogP contribution in [0.5, 0.6) is 0 Å². The Morgan fingerprint density at radius 3 is 2.61 bits per heavy atom. The second kappa shape index (κ2) is 7.17. The van der Waals surface area contributed by atoms with Crippen LogP contribution in [0.2, 0.25) is 0 Å². The molecule has 0 aliphatic rings. The molecule has 100 valence electrons. The van der Waals surface area contributed by atoms with E-state index in [0.717, 1.165) is 12.2 Å². The molecule has 0 spiro atoms. The Bertz CT molecular complexity index is 388. The van der Waals surface area contributed by atoms with Gasteiger partial charge in [-0.15, -0.1) is 0 Å². The van der Waals surface area contributed by atoms with Gasteiger partial charge < -0.3 is 10.6 Å². The zero-order valence-electron chi connectivity index (χ0n) is 11.8. The Labute approximate surface area is 110 Å². The van der Waals surface area contributed by atoms with E-state index in [0.29, 0.717) is 18.4 Å². The zero-order chi connectivity index (χ0) is 13.5. The van der Waals surface area contributed by atoms with Gasteiger partial charge in [-0.05, 0) is 37.1 Å². The predicted octanol–water partition coefficient (Wildman–Crippen LogP) is 3.34. The van der Waals surface area contributed by atoms with Crippen molar-refractivity contribution >= 4 is 11.6 Å². The molecule has 0 aliphatic carbocycles. The van der Waals surface area contributed by atoms with E-state index in [1.165, 1.54) is 5.56 Å². The number of amides is 1.